The van der Waals surface area contributed by atoms with Gasteiger partial charge in [0.1, 0.15) is 11.4 Å². The fraction of sp³-hybridized carbons (Fsp3) is 0.571. The lowest BCUT2D eigenvalue weighted by atomic mass is 9.82. The Morgan fingerprint density at radius 3 is 2.58 bits per heavy atom. The third-order valence-electron chi connectivity index (χ3n) is 7.80. The van der Waals surface area contributed by atoms with E-state index < -0.39 is 0 Å². The molecule has 1 aromatic carbocycles. The number of benzene rings is 1. The molecule has 33 heavy (non-hydrogen) atoms. The van der Waals surface area contributed by atoms with Gasteiger partial charge in [0, 0.05) is 19.6 Å². The SMILES string of the molecule is CN(C(=O)c1ccc(OCC2CC2)cn1)C1Cc2ccc(CN3CCC(C)(C)CC3)cc2C1. The van der Waals surface area contributed by atoms with Crippen molar-refractivity contribution in [3.63, 3.8) is 0 Å². The first kappa shape index (κ1) is 22.4. The maximum absolute atomic E-state index is 13.1. The summed E-state index contributed by atoms with van der Waals surface area (Å²) >= 11 is 0. The van der Waals surface area contributed by atoms with Crippen LogP contribution in [0.3, 0.4) is 0 Å². The quantitative estimate of drug-likeness (QED) is 0.616. The second kappa shape index (κ2) is 9.09. The van der Waals surface area contributed by atoms with Crippen molar-refractivity contribution in [2.24, 2.45) is 11.3 Å². The summed E-state index contributed by atoms with van der Waals surface area (Å²) in [5, 5.41) is 0. The lowest BCUT2D eigenvalue weighted by Crippen LogP contribution is -2.38. The lowest BCUT2D eigenvalue weighted by molar-refractivity contribution is 0.0731. The monoisotopic (exact) mass is 447 g/mol. The molecule has 2 aromatic rings. The zero-order valence-electron chi connectivity index (χ0n) is 20.3. The first-order chi connectivity index (χ1) is 15.9. The standard InChI is InChI=1S/C28H37N3O2/c1-28(2)10-12-31(13-11-28)18-21-6-7-22-15-24(16-23(22)14-21)30(3)27(32)26-9-8-25(17-29-26)33-19-20-4-5-20/h6-9,14,17,20,24H,4-5,10-13,15-16,18-19H2,1-3H3. The predicted octanol–water partition coefficient (Wildman–Crippen LogP) is 4.73. The number of rotatable bonds is 7. The molecule has 1 saturated heterocycles. The maximum Gasteiger partial charge on any atom is 0.272 e. The summed E-state index contributed by atoms with van der Waals surface area (Å²) < 4.78 is 5.75. The topological polar surface area (TPSA) is 45.7 Å². The van der Waals surface area contributed by atoms with Gasteiger partial charge in [0.15, 0.2) is 0 Å². The van der Waals surface area contributed by atoms with Crippen molar-refractivity contribution in [3.8, 4) is 5.75 Å². The van der Waals surface area contributed by atoms with Crippen LogP contribution in [0.5, 0.6) is 5.75 Å². The van der Waals surface area contributed by atoms with Gasteiger partial charge in [-0.2, -0.15) is 0 Å². The first-order valence-electron chi connectivity index (χ1n) is 12.6. The summed E-state index contributed by atoms with van der Waals surface area (Å²) in [6.45, 7) is 8.91. The second-order valence-corrected chi connectivity index (χ2v) is 11.2. The minimum absolute atomic E-state index is 0.0160. The average Bonchev–Trinajstić information content (AvgIpc) is 3.55. The number of aromatic nitrogens is 1. The fourth-order valence-electron chi connectivity index (χ4n) is 5.03. The second-order valence-electron chi connectivity index (χ2n) is 11.2. The number of carbonyl (C=O) groups excluding carboxylic acids is 1. The largest absolute Gasteiger partial charge is 0.492 e. The Morgan fingerprint density at radius 1 is 1.12 bits per heavy atom. The van der Waals surface area contributed by atoms with Gasteiger partial charge in [-0.3, -0.25) is 9.69 Å². The van der Waals surface area contributed by atoms with Gasteiger partial charge >= 0.3 is 0 Å². The van der Waals surface area contributed by atoms with E-state index in [4.69, 9.17) is 4.74 Å². The van der Waals surface area contributed by atoms with Crippen molar-refractivity contribution in [1.29, 1.82) is 0 Å². The molecule has 1 unspecified atom stereocenters. The van der Waals surface area contributed by atoms with Gasteiger partial charge in [-0.05, 0) is 91.8 Å². The van der Waals surface area contributed by atoms with E-state index in [9.17, 15) is 4.79 Å². The number of likely N-dealkylation sites (N-methyl/N-ethyl adjacent to an activating group) is 1. The number of pyridine rings is 1. The summed E-state index contributed by atoms with van der Waals surface area (Å²) in [7, 11) is 1.91. The van der Waals surface area contributed by atoms with Crippen LogP contribution in [0.2, 0.25) is 0 Å². The number of hydrogen-bond acceptors (Lipinski definition) is 4. The van der Waals surface area contributed by atoms with Gasteiger partial charge in [-0.1, -0.05) is 32.0 Å². The van der Waals surface area contributed by atoms with Crippen LogP contribution >= 0.6 is 0 Å². The summed E-state index contributed by atoms with van der Waals surface area (Å²) in [5.41, 5.74) is 5.14. The average molecular weight is 448 g/mol. The first-order valence-corrected chi connectivity index (χ1v) is 12.6. The van der Waals surface area contributed by atoms with Crippen LogP contribution in [0.4, 0.5) is 0 Å². The van der Waals surface area contributed by atoms with E-state index in [2.05, 4.69) is 41.9 Å². The molecule has 1 atom stereocenters. The van der Waals surface area contributed by atoms with Gasteiger partial charge in [-0.15, -0.1) is 0 Å². The van der Waals surface area contributed by atoms with E-state index in [0.717, 1.165) is 31.7 Å². The van der Waals surface area contributed by atoms with Crippen LogP contribution in [0, 0.1) is 11.3 Å². The number of amides is 1. The number of likely N-dealkylation sites (tertiary alicyclic amines) is 1. The molecule has 5 heteroatoms. The maximum atomic E-state index is 13.1. The molecule has 2 fully saturated rings. The van der Waals surface area contributed by atoms with E-state index in [-0.39, 0.29) is 11.9 Å². The highest BCUT2D eigenvalue weighted by Gasteiger charge is 2.30. The molecule has 1 aromatic heterocycles. The van der Waals surface area contributed by atoms with Gasteiger partial charge < -0.3 is 9.64 Å². The smallest absolute Gasteiger partial charge is 0.272 e. The molecule has 5 rings (SSSR count). The number of carbonyl (C=O) groups is 1. The minimum atomic E-state index is -0.0160. The van der Waals surface area contributed by atoms with Crippen LogP contribution in [0.25, 0.3) is 0 Å². The van der Waals surface area contributed by atoms with E-state index in [1.165, 1.54) is 55.5 Å². The zero-order chi connectivity index (χ0) is 23.0. The summed E-state index contributed by atoms with van der Waals surface area (Å²) in [5.74, 6) is 1.44. The molecule has 0 bridgehead atoms. The summed E-state index contributed by atoms with van der Waals surface area (Å²) in [4.78, 5) is 21.9. The Hall–Kier alpha value is -2.40. The minimum Gasteiger partial charge on any atom is -0.492 e. The predicted molar refractivity (Wildman–Crippen MR) is 130 cm³/mol. The van der Waals surface area contributed by atoms with E-state index >= 15 is 0 Å². The zero-order valence-corrected chi connectivity index (χ0v) is 20.3. The number of hydrogen-bond donors (Lipinski definition) is 0. The molecule has 0 spiro atoms. The molecule has 176 valence electrons. The van der Waals surface area contributed by atoms with E-state index in [0.29, 0.717) is 17.0 Å². The molecule has 2 aliphatic carbocycles. The van der Waals surface area contributed by atoms with Crippen molar-refractivity contribution in [2.75, 3.05) is 26.7 Å². The molecular formula is C28H37N3O2. The molecular weight excluding hydrogens is 410 g/mol. The van der Waals surface area contributed by atoms with Crippen molar-refractivity contribution in [2.45, 2.75) is 65.0 Å². The third-order valence-corrected chi connectivity index (χ3v) is 7.80. The number of nitrogens with zero attached hydrogens (tertiary/aromatic N) is 3. The van der Waals surface area contributed by atoms with Crippen LogP contribution in [-0.4, -0.2) is 53.5 Å². The summed E-state index contributed by atoms with van der Waals surface area (Å²) in [6.07, 6.45) is 8.58. The Kier molecular flexibility index (Phi) is 6.17. The number of fused-ring (bicyclic) bond motifs is 1. The molecule has 1 amide bonds. The molecule has 1 aliphatic heterocycles. The van der Waals surface area contributed by atoms with Crippen LogP contribution in [-0.2, 0) is 19.4 Å². The van der Waals surface area contributed by atoms with Gasteiger partial charge in [0.2, 0.25) is 0 Å². The number of ether oxygens (including phenoxy) is 1. The van der Waals surface area contributed by atoms with Crippen molar-refractivity contribution >= 4 is 5.91 Å². The molecule has 0 N–H and O–H groups in total. The van der Waals surface area contributed by atoms with Crippen molar-refractivity contribution < 1.29 is 9.53 Å². The molecule has 5 nitrogen and oxygen atoms in total. The number of piperidine rings is 1. The van der Waals surface area contributed by atoms with E-state index in [1.54, 1.807) is 12.3 Å². The van der Waals surface area contributed by atoms with Gasteiger partial charge in [0.25, 0.3) is 5.91 Å². The molecule has 0 radical (unpaired) electrons. The lowest BCUT2D eigenvalue weighted by Gasteiger charge is -2.37. The Balaban J connectivity index is 1.17. The Bertz CT molecular complexity index is 987. The molecule has 1 saturated carbocycles. The van der Waals surface area contributed by atoms with Crippen LogP contribution in [0.1, 0.15) is 66.7 Å². The van der Waals surface area contributed by atoms with E-state index in [1.807, 2.05) is 18.0 Å². The van der Waals surface area contributed by atoms with Crippen molar-refractivity contribution in [1.82, 2.24) is 14.8 Å². The highest BCUT2D eigenvalue weighted by atomic mass is 16.5. The summed E-state index contributed by atoms with van der Waals surface area (Å²) in [6, 6.07) is 10.8. The van der Waals surface area contributed by atoms with Gasteiger partial charge in [0.05, 0.1) is 12.8 Å². The Morgan fingerprint density at radius 2 is 1.88 bits per heavy atom. The van der Waals surface area contributed by atoms with Crippen molar-refractivity contribution in [3.05, 3.63) is 58.9 Å². The van der Waals surface area contributed by atoms with Gasteiger partial charge in [-0.25, -0.2) is 4.98 Å². The van der Waals surface area contributed by atoms with Crippen LogP contribution < -0.4 is 4.74 Å². The normalized spacial score (nSPS) is 22.1. The fourth-order valence-corrected chi connectivity index (χ4v) is 5.03. The van der Waals surface area contributed by atoms with Crippen LogP contribution in [0.15, 0.2) is 36.5 Å². The third kappa shape index (κ3) is 5.40. The molecule has 3 aliphatic rings. The molecule has 2 heterocycles. The highest BCUT2D eigenvalue weighted by Crippen LogP contribution is 2.32. The highest BCUT2D eigenvalue weighted by molar-refractivity contribution is 5.92. The Labute approximate surface area is 198 Å².